The van der Waals surface area contributed by atoms with Crippen molar-refractivity contribution >= 4 is 6.01 Å². The average Bonchev–Trinajstić information content (AvgIpc) is 2.55. The second kappa shape index (κ2) is 2.50. The Balaban J connectivity index is 2.15. The monoisotopic (exact) mass is 154 g/mol. The van der Waals surface area contributed by atoms with E-state index in [9.17, 15) is 0 Å². The molecule has 1 fully saturated rings. The summed E-state index contributed by atoms with van der Waals surface area (Å²) in [6.45, 7) is 1.02. The zero-order valence-corrected chi connectivity index (χ0v) is 6.08. The van der Waals surface area contributed by atoms with Gasteiger partial charge in [0.15, 0.2) is 0 Å². The summed E-state index contributed by atoms with van der Waals surface area (Å²) < 4.78 is 5.06. The lowest BCUT2D eigenvalue weighted by molar-refractivity contribution is 0.440. The number of nitrogens with two attached hydrogens (primary N) is 1. The number of hydrogen-bond acceptors (Lipinski definition) is 5. The van der Waals surface area contributed by atoms with E-state index in [1.807, 2.05) is 0 Å². The highest BCUT2D eigenvalue weighted by Crippen LogP contribution is 2.21. The van der Waals surface area contributed by atoms with Crippen molar-refractivity contribution in [2.75, 3.05) is 12.3 Å². The van der Waals surface area contributed by atoms with Gasteiger partial charge in [-0.2, -0.15) is 0 Å². The molecule has 3 N–H and O–H groups in total. The van der Waals surface area contributed by atoms with Crippen LogP contribution in [0.5, 0.6) is 0 Å². The molecule has 1 aromatic heterocycles. The van der Waals surface area contributed by atoms with Crippen molar-refractivity contribution in [2.24, 2.45) is 0 Å². The van der Waals surface area contributed by atoms with Gasteiger partial charge in [0.05, 0.1) is 6.04 Å². The minimum absolute atomic E-state index is 0.147. The summed E-state index contributed by atoms with van der Waals surface area (Å²) in [5.74, 6) is 0.611. The maximum absolute atomic E-state index is 5.28. The molecule has 0 radical (unpaired) electrons. The number of anilines is 1. The fourth-order valence-electron chi connectivity index (χ4n) is 1.28. The maximum atomic E-state index is 5.28. The molecule has 0 unspecified atom stereocenters. The molecule has 1 atom stereocenters. The van der Waals surface area contributed by atoms with Crippen LogP contribution in [0.4, 0.5) is 6.01 Å². The van der Waals surface area contributed by atoms with Crippen LogP contribution in [0.1, 0.15) is 24.8 Å². The Morgan fingerprint density at radius 3 is 3.00 bits per heavy atom. The van der Waals surface area contributed by atoms with Crippen LogP contribution >= 0.6 is 0 Å². The van der Waals surface area contributed by atoms with Crippen molar-refractivity contribution in [1.29, 1.82) is 0 Å². The molecule has 0 aliphatic carbocycles. The largest absolute Gasteiger partial charge is 0.407 e. The third-order valence-electron chi connectivity index (χ3n) is 1.81. The predicted molar refractivity (Wildman–Crippen MR) is 38.7 cm³/mol. The maximum Gasteiger partial charge on any atom is 0.312 e. The van der Waals surface area contributed by atoms with Gasteiger partial charge in [-0.25, -0.2) is 0 Å². The van der Waals surface area contributed by atoms with Gasteiger partial charge in [-0.15, -0.1) is 5.10 Å². The molecule has 1 aliphatic heterocycles. The van der Waals surface area contributed by atoms with Crippen LogP contribution in [-0.2, 0) is 0 Å². The average molecular weight is 154 g/mol. The van der Waals surface area contributed by atoms with Gasteiger partial charge in [-0.05, 0) is 19.4 Å². The molecule has 1 aliphatic rings. The number of rotatable bonds is 1. The Morgan fingerprint density at radius 2 is 2.45 bits per heavy atom. The van der Waals surface area contributed by atoms with E-state index in [4.69, 9.17) is 10.2 Å². The van der Waals surface area contributed by atoms with E-state index < -0.39 is 0 Å². The highest BCUT2D eigenvalue weighted by molar-refractivity contribution is 5.07. The third-order valence-corrected chi connectivity index (χ3v) is 1.81. The number of hydrogen-bond donors (Lipinski definition) is 2. The van der Waals surface area contributed by atoms with E-state index in [0.717, 1.165) is 19.4 Å². The van der Waals surface area contributed by atoms with Crippen LogP contribution in [0.25, 0.3) is 0 Å². The van der Waals surface area contributed by atoms with Crippen LogP contribution < -0.4 is 11.1 Å². The first-order valence-electron chi connectivity index (χ1n) is 3.68. The lowest BCUT2D eigenvalue weighted by Crippen LogP contribution is -2.12. The number of nitrogens with zero attached hydrogens (tertiary/aromatic N) is 2. The molecule has 0 saturated carbocycles. The Morgan fingerprint density at radius 1 is 1.55 bits per heavy atom. The molecule has 1 aromatic rings. The molecule has 1 saturated heterocycles. The van der Waals surface area contributed by atoms with Gasteiger partial charge in [0.1, 0.15) is 0 Å². The van der Waals surface area contributed by atoms with Crippen molar-refractivity contribution in [3.63, 3.8) is 0 Å². The van der Waals surface area contributed by atoms with E-state index in [2.05, 4.69) is 15.5 Å². The first kappa shape index (κ1) is 6.60. The molecule has 5 nitrogen and oxygen atoms in total. The SMILES string of the molecule is Nc1nnc([C@@H]2CCCN2)o1. The zero-order valence-electron chi connectivity index (χ0n) is 6.08. The van der Waals surface area contributed by atoms with Crippen LogP contribution in [0, 0.1) is 0 Å². The summed E-state index contributed by atoms with van der Waals surface area (Å²) in [4.78, 5) is 0. The van der Waals surface area contributed by atoms with E-state index in [-0.39, 0.29) is 12.1 Å². The second-order valence-electron chi connectivity index (χ2n) is 2.63. The topological polar surface area (TPSA) is 77.0 Å². The van der Waals surface area contributed by atoms with Crippen LogP contribution in [-0.4, -0.2) is 16.7 Å². The highest BCUT2D eigenvalue weighted by Gasteiger charge is 2.21. The van der Waals surface area contributed by atoms with Crippen LogP contribution in [0.15, 0.2) is 4.42 Å². The molecule has 0 bridgehead atoms. The Hall–Kier alpha value is -1.10. The normalized spacial score (nSPS) is 24.2. The van der Waals surface area contributed by atoms with Gasteiger partial charge in [0, 0.05) is 0 Å². The number of aromatic nitrogens is 2. The summed E-state index contributed by atoms with van der Waals surface area (Å²) >= 11 is 0. The number of nitrogen functional groups attached to an aromatic ring is 1. The second-order valence-corrected chi connectivity index (χ2v) is 2.63. The quantitative estimate of drug-likeness (QED) is 0.598. The summed E-state index contributed by atoms with van der Waals surface area (Å²) in [5.41, 5.74) is 5.28. The van der Waals surface area contributed by atoms with Gasteiger partial charge < -0.3 is 15.5 Å². The lowest BCUT2D eigenvalue weighted by atomic mass is 10.2. The molecule has 5 heteroatoms. The summed E-state index contributed by atoms with van der Waals surface area (Å²) in [5, 5.41) is 10.6. The summed E-state index contributed by atoms with van der Waals surface area (Å²) in [6.07, 6.45) is 2.22. The van der Waals surface area contributed by atoms with Crippen molar-refractivity contribution in [3.05, 3.63) is 5.89 Å². The fourth-order valence-corrected chi connectivity index (χ4v) is 1.28. The van der Waals surface area contributed by atoms with Crippen molar-refractivity contribution in [2.45, 2.75) is 18.9 Å². The minimum Gasteiger partial charge on any atom is -0.407 e. The molecule has 60 valence electrons. The van der Waals surface area contributed by atoms with Crippen LogP contribution in [0.3, 0.4) is 0 Å². The third kappa shape index (κ3) is 1.19. The summed E-state index contributed by atoms with van der Waals surface area (Å²) in [6, 6.07) is 0.369. The Kier molecular flexibility index (Phi) is 1.50. The molecule has 11 heavy (non-hydrogen) atoms. The van der Waals surface area contributed by atoms with Gasteiger partial charge in [-0.3, -0.25) is 0 Å². The highest BCUT2D eigenvalue weighted by atomic mass is 16.4. The summed E-state index contributed by atoms with van der Waals surface area (Å²) in [7, 11) is 0. The first-order valence-corrected chi connectivity index (χ1v) is 3.68. The molecule has 0 spiro atoms. The molecule has 2 heterocycles. The van der Waals surface area contributed by atoms with E-state index in [1.54, 1.807) is 0 Å². The smallest absolute Gasteiger partial charge is 0.312 e. The lowest BCUT2D eigenvalue weighted by Gasteiger charge is -2.01. The molecular weight excluding hydrogens is 144 g/mol. The minimum atomic E-state index is 0.147. The van der Waals surface area contributed by atoms with Crippen molar-refractivity contribution < 1.29 is 4.42 Å². The van der Waals surface area contributed by atoms with Gasteiger partial charge in [0.2, 0.25) is 5.89 Å². The fraction of sp³-hybridized carbons (Fsp3) is 0.667. The van der Waals surface area contributed by atoms with Crippen molar-refractivity contribution in [1.82, 2.24) is 15.5 Å². The molecular formula is C6H10N4O. The van der Waals surface area contributed by atoms with E-state index in [1.165, 1.54) is 0 Å². The molecule has 0 aromatic carbocycles. The Bertz CT molecular complexity index is 240. The number of nitrogens with one attached hydrogen (secondary N) is 1. The van der Waals surface area contributed by atoms with E-state index >= 15 is 0 Å². The first-order chi connectivity index (χ1) is 5.36. The van der Waals surface area contributed by atoms with Gasteiger partial charge in [-0.1, -0.05) is 5.10 Å². The van der Waals surface area contributed by atoms with Crippen molar-refractivity contribution in [3.8, 4) is 0 Å². The molecule has 2 rings (SSSR count). The molecule has 0 amide bonds. The zero-order chi connectivity index (χ0) is 7.68. The van der Waals surface area contributed by atoms with Gasteiger partial charge >= 0.3 is 6.01 Å². The van der Waals surface area contributed by atoms with Gasteiger partial charge in [0.25, 0.3) is 0 Å². The van der Waals surface area contributed by atoms with E-state index in [0.29, 0.717) is 5.89 Å². The predicted octanol–water partition coefficient (Wildman–Crippen LogP) is 0.0763. The standard InChI is InChI=1S/C6H10N4O/c7-6-10-9-5(11-6)4-2-1-3-8-4/h4,8H,1-3H2,(H2,7,10)/t4-/m0/s1. The van der Waals surface area contributed by atoms with Crippen LogP contribution in [0.2, 0.25) is 0 Å². The Labute approximate surface area is 64.0 Å².